The van der Waals surface area contributed by atoms with Crippen molar-refractivity contribution in [2.24, 2.45) is 0 Å². The standard InChI is InChI=1S/C24H22N2O5/c27-13-11-25-23(29)20-14-19-10-12-26(15-21(19)31-20)24(30)18-8-6-17(7-9-18)22(28)16-4-2-1-3-5-16/h1-9,14,27H,10-13,15H2,(H,25,29). The summed E-state index contributed by atoms with van der Waals surface area (Å²) in [4.78, 5) is 39.2. The van der Waals surface area contributed by atoms with E-state index in [2.05, 4.69) is 5.32 Å². The van der Waals surface area contributed by atoms with Crippen molar-refractivity contribution in [2.45, 2.75) is 13.0 Å². The van der Waals surface area contributed by atoms with E-state index < -0.39 is 0 Å². The van der Waals surface area contributed by atoms with E-state index in [1.807, 2.05) is 18.2 Å². The van der Waals surface area contributed by atoms with Crippen LogP contribution in [0.4, 0.5) is 0 Å². The van der Waals surface area contributed by atoms with Gasteiger partial charge < -0.3 is 19.7 Å². The van der Waals surface area contributed by atoms with E-state index in [9.17, 15) is 14.4 Å². The Morgan fingerprint density at radius 2 is 1.65 bits per heavy atom. The maximum absolute atomic E-state index is 12.9. The molecule has 2 aromatic carbocycles. The molecule has 1 aliphatic heterocycles. The maximum Gasteiger partial charge on any atom is 0.287 e. The van der Waals surface area contributed by atoms with E-state index in [4.69, 9.17) is 9.52 Å². The number of fused-ring (bicyclic) bond motifs is 1. The fraction of sp³-hybridized carbons (Fsp3) is 0.208. The predicted octanol–water partition coefficient (Wildman–Crippen LogP) is 2.43. The molecule has 0 saturated carbocycles. The largest absolute Gasteiger partial charge is 0.454 e. The number of ketones is 1. The van der Waals surface area contributed by atoms with Crippen LogP contribution in [0, 0.1) is 0 Å². The van der Waals surface area contributed by atoms with Crippen LogP contribution in [0.1, 0.15) is 48.2 Å². The van der Waals surface area contributed by atoms with Crippen molar-refractivity contribution >= 4 is 17.6 Å². The molecule has 2 heterocycles. The summed E-state index contributed by atoms with van der Waals surface area (Å²) in [5.74, 6) is 0.123. The van der Waals surface area contributed by atoms with Crippen molar-refractivity contribution in [1.29, 1.82) is 0 Å². The summed E-state index contributed by atoms with van der Waals surface area (Å²) < 4.78 is 5.65. The Labute approximate surface area is 179 Å². The summed E-state index contributed by atoms with van der Waals surface area (Å²) in [5.41, 5.74) is 2.51. The Bertz CT molecular complexity index is 1100. The average Bonchev–Trinajstić information content (AvgIpc) is 3.26. The second-order valence-electron chi connectivity index (χ2n) is 7.29. The lowest BCUT2D eigenvalue weighted by Gasteiger charge is -2.26. The molecule has 0 spiro atoms. The highest BCUT2D eigenvalue weighted by Gasteiger charge is 2.26. The fourth-order valence-electron chi connectivity index (χ4n) is 3.56. The van der Waals surface area contributed by atoms with Crippen molar-refractivity contribution in [3.8, 4) is 0 Å². The number of benzene rings is 2. The van der Waals surface area contributed by atoms with Gasteiger partial charge in [0.25, 0.3) is 11.8 Å². The molecule has 0 unspecified atom stereocenters. The minimum absolute atomic E-state index is 0.0928. The lowest BCUT2D eigenvalue weighted by atomic mass is 10.0. The molecule has 0 aliphatic carbocycles. The number of amides is 2. The van der Waals surface area contributed by atoms with Crippen LogP contribution in [0.25, 0.3) is 0 Å². The van der Waals surface area contributed by atoms with Crippen LogP contribution in [0.15, 0.2) is 65.1 Å². The van der Waals surface area contributed by atoms with Crippen LogP contribution >= 0.6 is 0 Å². The van der Waals surface area contributed by atoms with Gasteiger partial charge in [0.15, 0.2) is 11.5 Å². The third-order valence-corrected chi connectivity index (χ3v) is 5.22. The van der Waals surface area contributed by atoms with Gasteiger partial charge in [-0.3, -0.25) is 14.4 Å². The Balaban J connectivity index is 1.44. The van der Waals surface area contributed by atoms with Crippen LogP contribution in [0.5, 0.6) is 0 Å². The SMILES string of the molecule is O=C(c1ccccc1)c1ccc(C(=O)N2CCc3cc(C(=O)NCCO)oc3C2)cc1. The van der Waals surface area contributed by atoms with Gasteiger partial charge in [-0.2, -0.15) is 0 Å². The molecule has 2 N–H and O–H groups in total. The number of aliphatic hydroxyl groups excluding tert-OH is 1. The highest BCUT2D eigenvalue weighted by atomic mass is 16.4. The Morgan fingerprint density at radius 3 is 2.35 bits per heavy atom. The summed E-state index contributed by atoms with van der Waals surface area (Å²) in [6, 6.07) is 17.3. The van der Waals surface area contributed by atoms with E-state index in [-0.39, 0.29) is 43.1 Å². The Morgan fingerprint density at radius 1 is 0.968 bits per heavy atom. The van der Waals surface area contributed by atoms with Gasteiger partial charge in [0.1, 0.15) is 5.76 Å². The third-order valence-electron chi connectivity index (χ3n) is 5.22. The minimum atomic E-state index is -0.389. The smallest absolute Gasteiger partial charge is 0.287 e. The topological polar surface area (TPSA) is 99.9 Å². The third kappa shape index (κ3) is 4.41. The highest BCUT2D eigenvalue weighted by molar-refractivity contribution is 6.09. The molecule has 1 aromatic heterocycles. The minimum Gasteiger partial charge on any atom is -0.454 e. The van der Waals surface area contributed by atoms with E-state index in [0.717, 1.165) is 5.56 Å². The Kier molecular flexibility index (Phi) is 5.95. The van der Waals surface area contributed by atoms with Gasteiger partial charge in [-0.05, 0) is 30.2 Å². The number of furan rings is 1. The van der Waals surface area contributed by atoms with Crippen molar-refractivity contribution in [3.63, 3.8) is 0 Å². The summed E-state index contributed by atoms with van der Waals surface area (Å²) in [6.45, 7) is 0.779. The number of rotatable bonds is 6. The number of hydrogen-bond donors (Lipinski definition) is 2. The number of carbonyl (C=O) groups is 3. The number of aliphatic hydroxyl groups is 1. The first-order valence-electron chi connectivity index (χ1n) is 10.1. The monoisotopic (exact) mass is 418 g/mol. The first-order chi connectivity index (χ1) is 15.1. The lowest BCUT2D eigenvalue weighted by molar-refractivity contribution is 0.0718. The van der Waals surface area contributed by atoms with Gasteiger partial charge in [-0.25, -0.2) is 0 Å². The lowest BCUT2D eigenvalue weighted by Crippen LogP contribution is -2.35. The summed E-state index contributed by atoms with van der Waals surface area (Å²) in [5, 5.41) is 11.4. The first-order valence-corrected chi connectivity index (χ1v) is 10.1. The van der Waals surface area contributed by atoms with Crippen LogP contribution in [-0.2, 0) is 13.0 Å². The zero-order valence-corrected chi connectivity index (χ0v) is 16.8. The van der Waals surface area contributed by atoms with Gasteiger partial charge in [-0.1, -0.05) is 42.5 Å². The fourth-order valence-corrected chi connectivity index (χ4v) is 3.56. The molecule has 2 amide bonds. The summed E-state index contributed by atoms with van der Waals surface area (Å²) in [6.07, 6.45) is 0.586. The van der Waals surface area contributed by atoms with Crippen molar-refractivity contribution in [1.82, 2.24) is 10.2 Å². The highest BCUT2D eigenvalue weighted by Crippen LogP contribution is 2.24. The van der Waals surface area contributed by atoms with E-state index in [1.165, 1.54) is 0 Å². The quantitative estimate of drug-likeness (QED) is 0.599. The number of nitrogens with one attached hydrogen (secondary N) is 1. The van der Waals surface area contributed by atoms with Gasteiger partial charge in [0.2, 0.25) is 0 Å². The Hall–Kier alpha value is -3.71. The normalized spacial score (nSPS) is 12.9. The van der Waals surface area contributed by atoms with Gasteiger partial charge in [0, 0.05) is 29.8 Å². The molecule has 7 heteroatoms. The van der Waals surface area contributed by atoms with E-state index in [1.54, 1.807) is 47.4 Å². The van der Waals surface area contributed by atoms with Crippen LogP contribution in [0.2, 0.25) is 0 Å². The van der Waals surface area contributed by atoms with Crippen LogP contribution < -0.4 is 5.32 Å². The molecule has 0 radical (unpaired) electrons. The molecule has 1 aliphatic rings. The zero-order chi connectivity index (χ0) is 21.8. The molecule has 0 atom stereocenters. The van der Waals surface area contributed by atoms with Crippen molar-refractivity contribution in [2.75, 3.05) is 19.7 Å². The average molecular weight is 418 g/mol. The molecule has 3 aromatic rings. The molecule has 0 fully saturated rings. The number of carbonyl (C=O) groups excluding carboxylic acids is 3. The molecule has 31 heavy (non-hydrogen) atoms. The van der Waals surface area contributed by atoms with Gasteiger partial charge >= 0.3 is 0 Å². The van der Waals surface area contributed by atoms with Crippen molar-refractivity contribution in [3.05, 3.63) is 94.4 Å². The van der Waals surface area contributed by atoms with E-state index in [0.29, 0.717) is 35.4 Å². The van der Waals surface area contributed by atoms with Crippen LogP contribution in [0.3, 0.4) is 0 Å². The van der Waals surface area contributed by atoms with Gasteiger partial charge in [-0.15, -0.1) is 0 Å². The number of nitrogens with zero attached hydrogens (tertiary/aromatic N) is 1. The molecule has 7 nitrogen and oxygen atoms in total. The number of hydrogen-bond acceptors (Lipinski definition) is 5. The summed E-state index contributed by atoms with van der Waals surface area (Å²) in [7, 11) is 0. The molecule has 0 bridgehead atoms. The van der Waals surface area contributed by atoms with Crippen LogP contribution in [-0.4, -0.2) is 47.3 Å². The molecular weight excluding hydrogens is 396 g/mol. The molecule has 158 valence electrons. The van der Waals surface area contributed by atoms with E-state index >= 15 is 0 Å². The first kappa shape index (κ1) is 20.6. The maximum atomic E-state index is 12.9. The molecule has 4 rings (SSSR count). The molecule has 0 saturated heterocycles. The van der Waals surface area contributed by atoms with Gasteiger partial charge in [0.05, 0.1) is 13.2 Å². The predicted molar refractivity (Wildman–Crippen MR) is 113 cm³/mol. The second-order valence-corrected chi connectivity index (χ2v) is 7.29. The zero-order valence-electron chi connectivity index (χ0n) is 16.8. The molecular formula is C24H22N2O5. The summed E-state index contributed by atoms with van der Waals surface area (Å²) >= 11 is 0. The van der Waals surface area contributed by atoms with Crippen molar-refractivity contribution < 1.29 is 23.9 Å². The second kappa shape index (κ2) is 8.97.